The lowest BCUT2D eigenvalue weighted by Gasteiger charge is -2.26. The summed E-state index contributed by atoms with van der Waals surface area (Å²) in [6.45, 7) is 1.89. The van der Waals surface area contributed by atoms with Gasteiger partial charge in [0.2, 0.25) is 11.9 Å². The molecule has 4 aromatic rings. The van der Waals surface area contributed by atoms with Crippen molar-refractivity contribution in [3.63, 3.8) is 0 Å². The molecule has 4 N–H and O–H groups in total. The number of nitrogen functional groups attached to an aromatic ring is 2. The number of alkyl halides is 2. The van der Waals surface area contributed by atoms with Crippen LogP contribution in [-0.2, 0) is 0 Å². The lowest BCUT2D eigenvalue weighted by molar-refractivity contribution is 0.151. The van der Waals surface area contributed by atoms with Crippen LogP contribution in [0.25, 0.3) is 16.6 Å². The molecule has 0 aliphatic rings. The normalized spacial score (nSPS) is 11.1. The van der Waals surface area contributed by atoms with Gasteiger partial charge in [0, 0.05) is 12.1 Å². The third kappa shape index (κ3) is 3.84. The topological polar surface area (TPSA) is 140 Å². The van der Waals surface area contributed by atoms with E-state index in [-0.39, 0.29) is 62.8 Å². The maximum atomic E-state index is 13.7. The second-order valence-electron chi connectivity index (χ2n) is 7.10. The molecule has 0 fully saturated rings. The van der Waals surface area contributed by atoms with Gasteiger partial charge in [-0.2, -0.15) is 15.2 Å². The van der Waals surface area contributed by atoms with E-state index in [2.05, 4.69) is 15.0 Å². The van der Waals surface area contributed by atoms with Gasteiger partial charge in [0.15, 0.2) is 5.82 Å². The van der Waals surface area contributed by atoms with Crippen molar-refractivity contribution in [1.29, 1.82) is 5.26 Å². The molecule has 2 aromatic heterocycles. The number of halogens is 3. The van der Waals surface area contributed by atoms with Gasteiger partial charge >= 0.3 is 0 Å². The van der Waals surface area contributed by atoms with E-state index in [1.54, 1.807) is 19.1 Å². The van der Waals surface area contributed by atoms with E-state index < -0.39 is 12.0 Å². The predicted octanol–water partition coefficient (Wildman–Crippen LogP) is 3.96. The van der Waals surface area contributed by atoms with Gasteiger partial charge in [0.05, 0.1) is 21.6 Å². The zero-order valence-electron chi connectivity index (χ0n) is 17.7. The fourth-order valence-electron chi connectivity index (χ4n) is 3.56. The fraction of sp³-hybridized carbons (Fsp3) is 0.136. The minimum absolute atomic E-state index is 0.00248. The molecule has 0 saturated heterocycles. The Morgan fingerprint density at radius 3 is 2.59 bits per heavy atom. The van der Waals surface area contributed by atoms with Crippen molar-refractivity contribution in [2.45, 2.75) is 13.3 Å². The van der Waals surface area contributed by atoms with Crippen LogP contribution < -0.4 is 21.9 Å². The first kappa shape index (κ1) is 22.9. The minimum atomic E-state index is -2.76. The molecule has 2 aromatic carbocycles. The monoisotopic (exact) mass is 482 g/mol. The number of fused-ring (bicyclic) bond motifs is 1. The minimum Gasteiger partial charge on any atom is -0.382 e. The predicted molar refractivity (Wildman–Crippen MR) is 126 cm³/mol. The summed E-state index contributed by atoms with van der Waals surface area (Å²) < 4.78 is 28.0. The molecule has 0 saturated carbocycles. The van der Waals surface area contributed by atoms with Crippen molar-refractivity contribution in [3.05, 3.63) is 69.0 Å². The zero-order chi connectivity index (χ0) is 24.6. The van der Waals surface area contributed by atoms with Crippen LogP contribution in [0, 0.1) is 11.3 Å². The SMILES string of the molecule is CCN(c1nc(N)nc(N)c1C#N)c1nc2cccc(Cl)c2c(=O)n1-c1cccc(C(F)F)c1. The Morgan fingerprint density at radius 1 is 1.18 bits per heavy atom. The first-order valence-corrected chi connectivity index (χ1v) is 10.3. The zero-order valence-corrected chi connectivity index (χ0v) is 18.5. The van der Waals surface area contributed by atoms with Crippen LogP contribution in [0.4, 0.5) is 32.3 Å². The molecule has 2 heterocycles. The van der Waals surface area contributed by atoms with Crippen LogP contribution in [0.2, 0.25) is 5.02 Å². The summed E-state index contributed by atoms with van der Waals surface area (Å²) in [5.41, 5.74) is 11.1. The van der Waals surface area contributed by atoms with Crippen LogP contribution in [0.3, 0.4) is 0 Å². The average Bonchev–Trinajstić information content (AvgIpc) is 2.79. The molecule has 34 heavy (non-hydrogen) atoms. The Kier molecular flexibility index (Phi) is 6.00. The maximum absolute atomic E-state index is 13.7. The number of nitriles is 1. The van der Waals surface area contributed by atoms with Crippen molar-refractivity contribution in [3.8, 4) is 11.8 Å². The smallest absolute Gasteiger partial charge is 0.268 e. The van der Waals surface area contributed by atoms with E-state index in [4.69, 9.17) is 23.1 Å². The van der Waals surface area contributed by atoms with Gasteiger partial charge in [-0.25, -0.2) is 18.3 Å². The molecule has 12 heteroatoms. The second kappa shape index (κ2) is 8.92. The fourth-order valence-corrected chi connectivity index (χ4v) is 3.81. The van der Waals surface area contributed by atoms with Crippen LogP contribution >= 0.6 is 11.6 Å². The van der Waals surface area contributed by atoms with E-state index in [9.17, 15) is 18.8 Å². The molecule has 0 spiro atoms. The molecule has 0 radical (unpaired) electrons. The number of anilines is 4. The quantitative estimate of drug-likeness (QED) is 0.435. The molecule has 0 bridgehead atoms. The van der Waals surface area contributed by atoms with E-state index >= 15 is 0 Å². The summed E-state index contributed by atoms with van der Waals surface area (Å²) in [5.74, 6) is -0.326. The van der Waals surface area contributed by atoms with Crippen LogP contribution in [0.5, 0.6) is 0 Å². The molecule has 9 nitrogen and oxygen atoms in total. The van der Waals surface area contributed by atoms with E-state index in [1.807, 2.05) is 6.07 Å². The summed E-state index contributed by atoms with van der Waals surface area (Å²) >= 11 is 6.29. The number of rotatable bonds is 5. The summed E-state index contributed by atoms with van der Waals surface area (Å²) in [6, 6.07) is 12.0. The summed E-state index contributed by atoms with van der Waals surface area (Å²) in [4.78, 5) is 27.7. The number of hydrogen-bond donors (Lipinski definition) is 2. The molecule has 0 amide bonds. The number of nitrogens with two attached hydrogens (primary N) is 2. The highest BCUT2D eigenvalue weighted by molar-refractivity contribution is 6.35. The Balaban J connectivity index is 2.13. The number of benzene rings is 2. The number of nitrogens with zero attached hydrogens (tertiary/aromatic N) is 6. The third-order valence-corrected chi connectivity index (χ3v) is 5.38. The highest BCUT2D eigenvalue weighted by Gasteiger charge is 2.25. The lowest BCUT2D eigenvalue weighted by Crippen LogP contribution is -2.31. The molecular weight excluding hydrogens is 466 g/mol. The van der Waals surface area contributed by atoms with Gasteiger partial charge in [-0.3, -0.25) is 9.69 Å². The highest BCUT2D eigenvalue weighted by atomic mass is 35.5. The first-order valence-electron chi connectivity index (χ1n) is 9.97. The van der Waals surface area contributed by atoms with Crippen molar-refractivity contribution in [2.24, 2.45) is 0 Å². The van der Waals surface area contributed by atoms with Gasteiger partial charge in [-0.15, -0.1) is 0 Å². The molecule has 172 valence electrons. The van der Waals surface area contributed by atoms with Gasteiger partial charge in [-0.1, -0.05) is 29.8 Å². The van der Waals surface area contributed by atoms with Crippen molar-refractivity contribution >= 4 is 46.0 Å². The van der Waals surface area contributed by atoms with Gasteiger partial charge in [0.1, 0.15) is 17.5 Å². The lowest BCUT2D eigenvalue weighted by atomic mass is 10.2. The second-order valence-corrected chi connectivity index (χ2v) is 7.51. The molecule has 0 unspecified atom stereocenters. The summed E-state index contributed by atoms with van der Waals surface area (Å²) in [7, 11) is 0. The molecule has 4 rings (SSSR count). The highest BCUT2D eigenvalue weighted by Crippen LogP contribution is 2.32. The van der Waals surface area contributed by atoms with E-state index in [0.717, 1.165) is 4.57 Å². The number of aromatic nitrogens is 4. The van der Waals surface area contributed by atoms with E-state index in [1.165, 1.54) is 35.2 Å². The maximum Gasteiger partial charge on any atom is 0.268 e. The molecule has 0 aliphatic carbocycles. The van der Waals surface area contributed by atoms with Crippen LogP contribution in [-0.4, -0.2) is 26.1 Å². The number of hydrogen-bond acceptors (Lipinski definition) is 8. The largest absolute Gasteiger partial charge is 0.382 e. The van der Waals surface area contributed by atoms with Crippen molar-refractivity contribution in [2.75, 3.05) is 22.9 Å². The van der Waals surface area contributed by atoms with Gasteiger partial charge in [0.25, 0.3) is 12.0 Å². The first-order chi connectivity index (χ1) is 16.3. The Labute approximate surface area is 196 Å². The average molecular weight is 483 g/mol. The van der Waals surface area contributed by atoms with Gasteiger partial charge < -0.3 is 11.5 Å². The summed E-state index contributed by atoms with van der Waals surface area (Å²) in [5, 5.41) is 9.92. The molecular formula is C22H17ClF2N8O. The van der Waals surface area contributed by atoms with Crippen molar-refractivity contribution in [1.82, 2.24) is 19.5 Å². The Morgan fingerprint density at radius 2 is 1.91 bits per heavy atom. The Bertz CT molecular complexity index is 1520. The molecule has 0 atom stereocenters. The summed E-state index contributed by atoms with van der Waals surface area (Å²) in [6.07, 6.45) is -2.76. The third-order valence-electron chi connectivity index (χ3n) is 5.07. The van der Waals surface area contributed by atoms with Crippen molar-refractivity contribution < 1.29 is 8.78 Å². The molecule has 0 aliphatic heterocycles. The van der Waals surface area contributed by atoms with E-state index in [0.29, 0.717) is 0 Å². The van der Waals surface area contributed by atoms with Crippen LogP contribution in [0.1, 0.15) is 24.5 Å². The Hall–Kier alpha value is -4.30. The van der Waals surface area contributed by atoms with Gasteiger partial charge in [-0.05, 0) is 31.2 Å². The standard InChI is InChI=1S/C22H17ClF2N8O/c1-2-32(19-13(10-26)18(27)30-21(28)31-19)22-29-15-8-4-7-14(23)16(15)20(34)33(22)12-6-3-5-11(9-12)17(24)25/h3-9,17H,2H2,1H3,(H4,27,28,30,31). The van der Waals surface area contributed by atoms with Crippen LogP contribution in [0.15, 0.2) is 47.3 Å².